The van der Waals surface area contributed by atoms with E-state index >= 15 is 0 Å². The highest BCUT2D eigenvalue weighted by Crippen LogP contribution is 2.47. The van der Waals surface area contributed by atoms with Crippen LogP contribution in [0.15, 0.2) is 55.0 Å². The zero-order valence-corrected chi connectivity index (χ0v) is 17.6. The highest BCUT2D eigenvalue weighted by Gasteiger charge is 2.38. The molecule has 2 aliphatic rings. The van der Waals surface area contributed by atoms with E-state index in [2.05, 4.69) is 46.4 Å². The van der Waals surface area contributed by atoms with E-state index in [1.807, 2.05) is 25.7 Å². The van der Waals surface area contributed by atoms with Gasteiger partial charge in [0.05, 0.1) is 17.9 Å². The SMILES string of the molecule is CC(C)(C)OC(=O)N1CCc2cc(-c3cnccn3)cc3c2C1Cc1ccccc1-3. The molecule has 1 aliphatic carbocycles. The second-order valence-electron chi connectivity index (χ2n) is 8.99. The Labute approximate surface area is 176 Å². The largest absolute Gasteiger partial charge is 0.444 e. The van der Waals surface area contributed by atoms with E-state index in [1.54, 1.807) is 18.6 Å². The number of amides is 1. The summed E-state index contributed by atoms with van der Waals surface area (Å²) < 4.78 is 5.74. The first kappa shape index (κ1) is 18.8. The number of fused-ring (bicyclic) bond motifs is 2. The van der Waals surface area contributed by atoms with Crippen LogP contribution in [0.5, 0.6) is 0 Å². The molecule has 1 unspecified atom stereocenters. The summed E-state index contributed by atoms with van der Waals surface area (Å²) in [7, 11) is 0. The first-order chi connectivity index (χ1) is 14.4. The number of carbonyl (C=O) groups excluding carboxylic acids is 1. The fourth-order valence-corrected chi connectivity index (χ4v) is 4.61. The topological polar surface area (TPSA) is 55.3 Å². The van der Waals surface area contributed by atoms with E-state index in [9.17, 15) is 4.79 Å². The van der Waals surface area contributed by atoms with Crippen molar-refractivity contribution in [1.29, 1.82) is 0 Å². The van der Waals surface area contributed by atoms with Crippen molar-refractivity contribution in [2.24, 2.45) is 0 Å². The maximum absolute atomic E-state index is 13.0. The summed E-state index contributed by atoms with van der Waals surface area (Å²) in [6.45, 7) is 6.39. The molecule has 152 valence electrons. The highest BCUT2D eigenvalue weighted by atomic mass is 16.6. The smallest absolute Gasteiger partial charge is 0.410 e. The second kappa shape index (κ2) is 6.94. The summed E-state index contributed by atoms with van der Waals surface area (Å²) >= 11 is 0. The normalized spacial score (nSPS) is 17.2. The number of hydrogen-bond acceptors (Lipinski definition) is 4. The van der Waals surface area contributed by atoms with Crippen LogP contribution in [0.3, 0.4) is 0 Å². The number of rotatable bonds is 1. The zero-order chi connectivity index (χ0) is 20.9. The van der Waals surface area contributed by atoms with Crippen molar-refractivity contribution < 1.29 is 9.53 Å². The predicted molar refractivity (Wildman–Crippen MR) is 116 cm³/mol. The first-order valence-electron chi connectivity index (χ1n) is 10.4. The molecule has 30 heavy (non-hydrogen) atoms. The molecule has 3 aromatic rings. The number of aromatic nitrogens is 2. The molecule has 0 radical (unpaired) electrons. The van der Waals surface area contributed by atoms with Gasteiger partial charge in [0.1, 0.15) is 5.60 Å². The van der Waals surface area contributed by atoms with Gasteiger partial charge in [0.15, 0.2) is 0 Å². The Morgan fingerprint density at radius 1 is 1.10 bits per heavy atom. The molecule has 2 aromatic carbocycles. The van der Waals surface area contributed by atoms with Crippen LogP contribution in [-0.4, -0.2) is 33.1 Å². The molecule has 0 N–H and O–H groups in total. The van der Waals surface area contributed by atoms with E-state index in [4.69, 9.17) is 4.74 Å². The molecule has 1 amide bonds. The highest BCUT2D eigenvalue weighted by molar-refractivity contribution is 5.82. The van der Waals surface area contributed by atoms with Crippen LogP contribution in [0, 0.1) is 0 Å². The summed E-state index contributed by atoms with van der Waals surface area (Å²) in [5, 5.41) is 0. The molecule has 5 nitrogen and oxygen atoms in total. The van der Waals surface area contributed by atoms with Gasteiger partial charge in [-0.15, -0.1) is 0 Å². The summed E-state index contributed by atoms with van der Waals surface area (Å²) in [5.74, 6) is 0. The molecule has 0 saturated heterocycles. The van der Waals surface area contributed by atoms with Crippen molar-refractivity contribution >= 4 is 6.09 Å². The van der Waals surface area contributed by atoms with Crippen LogP contribution in [0.2, 0.25) is 0 Å². The average molecular weight is 399 g/mol. The average Bonchev–Trinajstić information content (AvgIpc) is 2.73. The van der Waals surface area contributed by atoms with Gasteiger partial charge < -0.3 is 9.64 Å². The Balaban J connectivity index is 1.65. The van der Waals surface area contributed by atoms with Gasteiger partial charge in [0, 0.05) is 24.5 Å². The molecule has 0 bridgehead atoms. The fourth-order valence-electron chi connectivity index (χ4n) is 4.61. The standard InChI is InChI=1S/C25H25N3O2/c1-25(2,3)30-24(29)28-11-8-17-12-18(21-15-26-9-10-27-21)13-20-19-7-5-4-6-16(19)14-22(28)23(17)20/h4-7,9-10,12-13,15,22H,8,11,14H2,1-3H3. The molecular formula is C25H25N3O2. The number of benzene rings is 2. The van der Waals surface area contributed by atoms with Crippen LogP contribution in [0.4, 0.5) is 4.79 Å². The number of hydrogen-bond donors (Lipinski definition) is 0. The lowest BCUT2D eigenvalue weighted by molar-refractivity contribution is 0.0140. The monoisotopic (exact) mass is 399 g/mol. The van der Waals surface area contributed by atoms with E-state index in [0.717, 1.165) is 24.1 Å². The molecule has 1 aromatic heterocycles. The summed E-state index contributed by atoms with van der Waals surface area (Å²) in [6, 6.07) is 12.9. The van der Waals surface area contributed by atoms with Crippen molar-refractivity contribution in [2.45, 2.75) is 45.3 Å². The van der Waals surface area contributed by atoms with E-state index in [1.165, 1.54) is 27.8 Å². The maximum Gasteiger partial charge on any atom is 0.410 e. The minimum atomic E-state index is -0.511. The van der Waals surface area contributed by atoms with Crippen molar-refractivity contribution in [2.75, 3.05) is 6.54 Å². The lowest BCUT2D eigenvalue weighted by Gasteiger charge is -2.42. The summed E-state index contributed by atoms with van der Waals surface area (Å²) in [6.07, 6.45) is 6.59. The number of carbonyl (C=O) groups is 1. The Bertz CT molecular complexity index is 1120. The van der Waals surface area contributed by atoms with Crippen LogP contribution in [0.25, 0.3) is 22.4 Å². The van der Waals surface area contributed by atoms with Gasteiger partial charge in [0.2, 0.25) is 0 Å². The van der Waals surface area contributed by atoms with Crippen molar-refractivity contribution in [3.8, 4) is 22.4 Å². The molecule has 0 fully saturated rings. The fraction of sp³-hybridized carbons (Fsp3) is 0.320. The Kier molecular flexibility index (Phi) is 4.35. The molecule has 1 aliphatic heterocycles. The molecule has 2 heterocycles. The van der Waals surface area contributed by atoms with Gasteiger partial charge in [-0.2, -0.15) is 0 Å². The van der Waals surface area contributed by atoms with Crippen LogP contribution < -0.4 is 0 Å². The van der Waals surface area contributed by atoms with Crippen molar-refractivity contribution in [3.05, 3.63) is 71.7 Å². The van der Waals surface area contributed by atoms with Crippen molar-refractivity contribution in [1.82, 2.24) is 14.9 Å². The Hall–Kier alpha value is -3.21. The van der Waals surface area contributed by atoms with Gasteiger partial charge in [-0.05, 0) is 73.6 Å². The molecule has 5 heteroatoms. The van der Waals surface area contributed by atoms with Gasteiger partial charge in [-0.3, -0.25) is 9.97 Å². The van der Waals surface area contributed by atoms with Crippen LogP contribution in [0.1, 0.15) is 43.5 Å². The Morgan fingerprint density at radius 2 is 1.93 bits per heavy atom. The lowest BCUT2D eigenvalue weighted by Crippen LogP contribution is -2.44. The number of nitrogens with zero attached hydrogens (tertiary/aromatic N) is 3. The molecule has 5 rings (SSSR count). The quantitative estimate of drug-likeness (QED) is 0.564. The van der Waals surface area contributed by atoms with Gasteiger partial charge in [-0.25, -0.2) is 4.79 Å². The third-order valence-corrected chi connectivity index (χ3v) is 5.80. The summed E-state index contributed by atoms with van der Waals surface area (Å²) in [4.78, 5) is 23.7. The van der Waals surface area contributed by atoms with Crippen LogP contribution in [-0.2, 0) is 17.6 Å². The lowest BCUT2D eigenvalue weighted by atomic mass is 9.76. The van der Waals surface area contributed by atoms with Gasteiger partial charge >= 0.3 is 6.09 Å². The van der Waals surface area contributed by atoms with E-state index in [0.29, 0.717) is 6.54 Å². The van der Waals surface area contributed by atoms with Gasteiger partial charge in [0.25, 0.3) is 0 Å². The summed E-state index contributed by atoms with van der Waals surface area (Å²) in [5.41, 5.74) is 7.64. The second-order valence-corrected chi connectivity index (χ2v) is 8.99. The van der Waals surface area contributed by atoms with Crippen LogP contribution >= 0.6 is 0 Å². The van der Waals surface area contributed by atoms with Crippen molar-refractivity contribution in [3.63, 3.8) is 0 Å². The Morgan fingerprint density at radius 3 is 2.70 bits per heavy atom. The zero-order valence-electron chi connectivity index (χ0n) is 17.6. The van der Waals surface area contributed by atoms with E-state index in [-0.39, 0.29) is 12.1 Å². The minimum Gasteiger partial charge on any atom is -0.444 e. The molecule has 0 saturated carbocycles. The minimum absolute atomic E-state index is 0.00981. The first-order valence-corrected chi connectivity index (χ1v) is 10.4. The molecule has 1 atom stereocenters. The van der Waals surface area contributed by atoms with E-state index < -0.39 is 5.60 Å². The van der Waals surface area contributed by atoms with Gasteiger partial charge in [-0.1, -0.05) is 24.3 Å². The third-order valence-electron chi connectivity index (χ3n) is 5.80. The maximum atomic E-state index is 13.0. The molecule has 0 spiro atoms. The predicted octanol–water partition coefficient (Wildman–Crippen LogP) is 5.20. The molecular weight excluding hydrogens is 374 g/mol. The number of ether oxygens (including phenoxy) is 1. The third kappa shape index (κ3) is 3.24.